The average molecular weight is 431 g/mol. The van der Waals surface area contributed by atoms with Crippen LogP contribution in [0.15, 0.2) is 11.6 Å². The smallest absolute Gasteiger partial charge is 0.306 e. The van der Waals surface area contributed by atoms with Gasteiger partial charge in [0.1, 0.15) is 6.61 Å². The summed E-state index contributed by atoms with van der Waals surface area (Å²) < 4.78 is 5.10. The normalized spacial score (nSPS) is 39.0. The molecule has 0 aromatic rings. The minimum Gasteiger partial charge on any atom is -0.481 e. The van der Waals surface area contributed by atoms with E-state index in [9.17, 15) is 19.2 Å². The van der Waals surface area contributed by atoms with E-state index in [4.69, 9.17) is 9.84 Å². The van der Waals surface area contributed by atoms with Gasteiger partial charge in [0.2, 0.25) is 0 Å². The van der Waals surface area contributed by atoms with E-state index >= 15 is 0 Å². The summed E-state index contributed by atoms with van der Waals surface area (Å²) in [6.45, 7) is 4.37. The molecule has 4 aliphatic carbocycles. The van der Waals surface area contributed by atoms with Crippen molar-refractivity contribution < 1.29 is 29.0 Å². The Morgan fingerprint density at radius 1 is 1.03 bits per heavy atom. The highest BCUT2D eigenvalue weighted by Crippen LogP contribution is 2.66. The van der Waals surface area contributed by atoms with E-state index in [2.05, 4.69) is 13.8 Å². The van der Waals surface area contributed by atoms with Gasteiger partial charge in [0.15, 0.2) is 11.6 Å². The highest BCUT2D eigenvalue weighted by atomic mass is 16.5. The molecule has 3 saturated carbocycles. The predicted octanol–water partition coefficient (Wildman–Crippen LogP) is 4.11. The number of ketones is 2. The van der Waals surface area contributed by atoms with E-state index in [-0.39, 0.29) is 47.8 Å². The van der Waals surface area contributed by atoms with Gasteiger partial charge in [-0.05, 0) is 79.6 Å². The number of fused-ring (bicyclic) bond motifs is 5. The van der Waals surface area contributed by atoms with E-state index in [1.807, 2.05) is 6.08 Å². The summed E-state index contributed by atoms with van der Waals surface area (Å²) in [7, 11) is 0. The molecule has 3 fully saturated rings. The number of hydrogen-bond donors (Lipinski definition) is 1. The first kappa shape index (κ1) is 22.2. The van der Waals surface area contributed by atoms with Crippen LogP contribution in [0.25, 0.3) is 0 Å². The molecular formula is C25H34O6. The van der Waals surface area contributed by atoms with Gasteiger partial charge in [0.05, 0.1) is 12.8 Å². The van der Waals surface area contributed by atoms with Crippen molar-refractivity contribution in [2.75, 3.05) is 6.61 Å². The van der Waals surface area contributed by atoms with Gasteiger partial charge in [-0.15, -0.1) is 0 Å². The molecule has 6 nitrogen and oxygen atoms in total. The number of carbonyl (C=O) groups excluding carboxylic acids is 3. The summed E-state index contributed by atoms with van der Waals surface area (Å²) in [6, 6.07) is 0. The zero-order chi connectivity index (χ0) is 22.4. The molecule has 4 rings (SSSR count). The van der Waals surface area contributed by atoms with Gasteiger partial charge in [-0.3, -0.25) is 19.2 Å². The summed E-state index contributed by atoms with van der Waals surface area (Å²) in [5.41, 5.74) is 1.42. The summed E-state index contributed by atoms with van der Waals surface area (Å²) in [4.78, 5) is 47.3. The van der Waals surface area contributed by atoms with Crippen LogP contribution in [-0.2, 0) is 23.9 Å². The van der Waals surface area contributed by atoms with Crippen molar-refractivity contribution in [3.8, 4) is 0 Å². The Hall–Kier alpha value is -1.98. The molecule has 0 heterocycles. The molecule has 0 spiro atoms. The van der Waals surface area contributed by atoms with Gasteiger partial charge in [0.25, 0.3) is 0 Å². The SMILES string of the molecule is C[C@]12CC[C@@H]3[C@H](CCC4=CC(=O)CC[C@@]43C)[C@H]1CC[C@H]2C(=O)COC(=O)CCC(=O)O. The summed E-state index contributed by atoms with van der Waals surface area (Å²) in [6.07, 6.45) is 9.11. The van der Waals surface area contributed by atoms with Crippen molar-refractivity contribution >= 4 is 23.5 Å². The van der Waals surface area contributed by atoms with Crippen molar-refractivity contribution in [1.29, 1.82) is 0 Å². The molecule has 0 aliphatic heterocycles. The maximum atomic E-state index is 13.0. The second-order valence-electron chi connectivity index (χ2n) is 10.7. The van der Waals surface area contributed by atoms with Crippen LogP contribution >= 0.6 is 0 Å². The van der Waals surface area contributed by atoms with Crippen LogP contribution in [0, 0.1) is 34.5 Å². The lowest BCUT2D eigenvalue weighted by molar-refractivity contribution is -0.152. The van der Waals surface area contributed by atoms with Gasteiger partial charge < -0.3 is 9.84 Å². The Morgan fingerprint density at radius 3 is 2.55 bits per heavy atom. The van der Waals surface area contributed by atoms with Crippen LogP contribution < -0.4 is 0 Å². The third-order valence-electron chi connectivity index (χ3n) is 9.27. The van der Waals surface area contributed by atoms with Crippen LogP contribution in [0.1, 0.15) is 78.1 Å². The number of allylic oxidation sites excluding steroid dienone is 1. The Morgan fingerprint density at radius 2 is 1.81 bits per heavy atom. The van der Waals surface area contributed by atoms with E-state index in [0.29, 0.717) is 24.2 Å². The van der Waals surface area contributed by atoms with E-state index in [1.54, 1.807) is 0 Å². The van der Waals surface area contributed by atoms with Crippen LogP contribution in [-0.4, -0.2) is 35.2 Å². The fraction of sp³-hybridized carbons (Fsp3) is 0.760. The van der Waals surface area contributed by atoms with Crippen molar-refractivity contribution in [3.05, 3.63) is 11.6 Å². The quantitative estimate of drug-likeness (QED) is 0.637. The fourth-order valence-corrected chi connectivity index (χ4v) is 7.62. The zero-order valence-corrected chi connectivity index (χ0v) is 18.7. The number of carboxylic acids is 1. The molecule has 0 bridgehead atoms. The topological polar surface area (TPSA) is 97.7 Å². The Labute approximate surface area is 183 Å². The van der Waals surface area contributed by atoms with E-state index in [1.165, 1.54) is 5.57 Å². The van der Waals surface area contributed by atoms with Gasteiger partial charge in [-0.25, -0.2) is 0 Å². The van der Waals surface area contributed by atoms with Gasteiger partial charge in [-0.2, -0.15) is 0 Å². The maximum Gasteiger partial charge on any atom is 0.306 e. The van der Waals surface area contributed by atoms with Gasteiger partial charge >= 0.3 is 11.9 Å². The number of esters is 1. The predicted molar refractivity (Wildman–Crippen MR) is 113 cm³/mol. The molecule has 0 amide bonds. The number of carbonyl (C=O) groups is 4. The molecule has 0 radical (unpaired) electrons. The molecule has 170 valence electrons. The van der Waals surface area contributed by atoms with Crippen molar-refractivity contribution in [3.63, 3.8) is 0 Å². The lowest BCUT2D eigenvalue weighted by atomic mass is 9.46. The Kier molecular flexibility index (Phi) is 5.86. The maximum absolute atomic E-state index is 13.0. The Balaban J connectivity index is 1.43. The monoisotopic (exact) mass is 430 g/mol. The van der Waals surface area contributed by atoms with Crippen LogP contribution in [0.5, 0.6) is 0 Å². The Bertz CT molecular complexity index is 828. The summed E-state index contributed by atoms with van der Waals surface area (Å²) in [5.74, 6) is 0.168. The molecule has 0 unspecified atom stereocenters. The zero-order valence-electron chi connectivity index (χ0n) is 18.7. The average Bonchev–Trinajstić information content (AvgIpc) is 3.08. The highest BCUT2D eigenvalue weighted by molar-refractivity contribution is 5.91. The van der Waals surface area contributed by atoms with Crippen molar-refractivity contribution in [2.45, 2.75) is 78.1 Å². The van der Waals surface area contributed by atoms with Crippen molar-refractivity contribution in [2.24, 2.45) is 34.5 Å². The van der Waals surface area contributed by atoms with E-state index < -0.39 is 11.9 Å². The van der Waals surface area contributed by atoms with Crippen LogP contribution in [0.2, 0.25) is 0 Å². The lowest BCUT2D eigenvalue weighted by Crippen LogP contribution is -2.51. The van der Waals surface area contributed by atoms with Crippen molar-refractivity contribution in [1.82, 2.24) is 0 Å². The standard InChI is InChI=1S/C25H34O6/c1-24-11-9-16(26)13-15(24)3-4-17-18-5-6-20(25(18,2)12-10-19(17)24)21(27)14-31-23(30)8-7-22(28)29/h13,17-20H,3-12,14H2,1-2H3,(H,28,29)/t17-,18-,19-,20+,24+,25+/m1/s1. The fourth-order valence-electron chi connectivity index (χ4n) is 7.62. The van der Waals surface area contributed by atoms with E-state index in [0.717, 1.165) is 44.9 Å². The highest BCUT2D eigenvalue weighted by Gasteiger charge is 2.60. The third kappa shape index (κ3) is 3.87. The first-order valence-corrected chi connectivity index (χ1v) is 11.8. The number of ether oxygens (including phenoxy) is 1. The third-order valence-corrected chi connectivity index (χ3v) is 9.27. The first-order chi connectivity index (χ1) is 14.6. The molecule has 1 N–H and O–H groups in total. The number of Topliss-reactive ketones (excluding diaryl/α,β-unsaturated/α-hetero) is 1. The minimum atomic E-state index is -1.05. The van der Waals surface area contributed by atoms with Gasteiger partial charge in [0, 0.05) is 12.3 Å². The lowest BCUT2D eigenvalue weighted by Gasteiger charge is -2.58. The number of rotatable bonds is 6. The number of hydrogen-bond acceptors (Lipinski definition) is 5. The molecule has 0 aromatic carbocycles. The molecular weight excluding hydrogens is 396 g/mol. The minimum absolute atomic E-state index is 0.0157. The van der Waals surface area contributed by atoms with Crippen LogP contribution in [0.3, 0.4) is 0 Å². The molecule has 6 heteroatoms. The summed E-state index contributed by atoms with van der Waals surface area (Å²) >= 11 is 0. The largest absolute Gasteiger partial charge is 0.481 e. The molecule has 0 saturated heterocycles. The van der Waals surface area contributed by atoms with Crippen LogP contribution in [0.4, 0.5) is 0 Å². The molecule has 0 aromatic heterocycles. The second kappa shape index (κ2) is 8.18. The second-order valence-corrected chi connectivity index (χ2v) is 10.7. The van der Waals surface area contributed by atoms with Gasteiger partial charge in [-0.1, -0.05) is 19.4 Å². The molecule has 4 aliphatic rings. The number of carboxylic acid groups (broad SMARTS) is 1. The molecule has 31 heavy (non-hydrogen) atoms. The number of aliphatic carboxylic acids is 1. The molecule has 6 atom stereocenters. The summed E-state index contributed by atoms with van der Waals surface area (Å²) in [5, 5.41) is 8.68. The first-order valence-electron chi connectivity index (χ1n) is 11.8.